The zero-order valence-electron chi connectivity index (χ0n) is 13.9. The molecule has 1 N–H and O–H groups in total. The number of aliphatic carboxylic acids is 1. The number of hydrogen-bond acceptors (Lipinski definition) is 5. The van der Waals surface area contributed by atoms with Crippen LogP contribution in [0.25, 0.3) is 0 Å². The molecule has 0 spiro atoms. The summed E-state index contributed by atoms with van der Waals surface area (Å²) in [7, 11) is 0. The summed E-state index contributed by atoms with van der Waals surface area (Å²) in [5.74, 6) is -1.34. The Hall–Kier alpha value is -0.590. The van der Waals surface area contributed by atoms with E-state index in [-0.39, 0.29) is 56.1 Å². The van der Waals surface area contributed by atoms with E-state index in [1.807, 2.05) is 0 Å². The quantitative estimate of drug-likeness (QED) is 0.218. The Kier molecular flexibility index (Phi) is 20.0. The molecule has 0 saturated heterocycles. The molecule has 6 nitrogen and oxygen atoms in total. The Bertz CT molecular complexity index is 381. The van der Waals surface area contributed by atoms with E-state index in [9.17, 15) is 14.4 Å². The third-order valence-electron chi connectivity index (χ3n) is 3.12. The second-order valence-electron chi connectivity index (χ2n) is 5.26. The van der Waals surface area contributed by atoms with E-state index in [1.54, 1.807) is 13.0 Å². The predicted molar refractivity (Wildman–Crippen MR) is 94.5 cm³/mol. The van der Waals surface area contributed by atoms with Crippen LogP contribution in [0.5, 0.6) is 0 Å². The molecule has 0 aromatic carbocycles. The minimum atomic E-state index is -0.802. The molecule has 0 unspecified atom stereocenters. The van der Waals surface area contributed by atoms with Gasteiger partial charge in [0.2, 0.25) is 0 Å². The number of rotatable bonds is 14. The number of carbonyl (C=O) groups is 3. The molecule has 0 saturated carbocycles. The van der Waals surface area contributed by atoms with Crippen LogP contribution in [0.15, 0.2) is 12.2 Å². The van der Waals surface area contributed by atoms with Gasteiger partial charge in [0.25, 0.3) is 0 Å². The van der Waals surface area contributed by atoms with Gasteiger partial charge in [-0.25, -0.2) is 4.79 Å². The molecule has 0 bridgehead atoms. The van der Waals surface area contributed by atoms with Gasteiger partial charge < -0.3 is 14.6 Å². The molecule has 0 aromatic rings. The summed E-state index contributed by atoms with van der Waals surface area (Å²) in [5.41, 5.74) is 0. The van der Waals surface area contributed by atoms with Crippen LogP contribution in [0.3, 0.4) is 0 Å². The molecule has 0 fully saturated rings. The van der Waals surface area contributed by atoms with Crippen LogP contribution in [-0.4, -0.2) is 74.0 Å². The van der Waals surface area contributed by atoms with E-state index in [2.05, 4.69) is 0 Å². The zero-order valence-corrected chi connectivity index (χ0v) is 13.9. The summed E-state index contributed by atoms with van der Waals surface area (Å²) in [6, 6.07) is 0. The Morgan fingerprint density at radius 1 is 0.833 bits per heavy atom. The van der Waals surface area contributed by atoms with Crippen molar-refractivity contribution in [3.63, 3.8) is 0 Å². The van der Waals surface area contributed by atoms with E-state index >= 15 is 0 Å². The van der Waals surface area contributed by atoms with E-state index < -0.39 is 5.97 Å². The van der Waals surface area contributed by atoms with Gasteiger partial charge in [-0.15, -0.1) is 0 Å². The molecule has 0 aliphatic rings. The Labute approximate surface area is 174 Å². The first-order chi connectivity index (χ1) is 11.1. The van der Waals surface area contributed by atoms with Crippen LogP contribution in [0, 0.1) is 0 Å². The maximum absolute atomic E-state index is 11.4. The molecular weight excluding hydrogens is 340 g/mol. The number of esters is 2. The number of hydrogen-bond donors (Lipinski definition) is 1. The van der Waals surface area contributed by atoms with Crippen molar-refractivity contribution in [1.82, 2.24) is 0 Å². The van der Waals surface area contributed by atoms with Gasteiger partial charge in [-0.3, -0.25) is 9.59 Å². The second-order valence-corrected chi connectivity index (χ2v) is 5.26. The fourth-order valence-corrected chi connectivity index (χ4v) is 1.90. The summed E-state index contributed by atoms with van der Waals surface area (Å²) >= 11 is 0. The van der Waals surface area contributed by atoms with Crippen molar-refractivity contribution in [3.05, 3.63) is 12.2 Å². The van der Waals surface area contributed by atoms with E-state index in [0.717, 1.165) is 32.1 Å². The summed E-state index contributed by atoms with van der Waals surface area (Å²) < 4.78 is 10.1. The first-order valence-electron chi connectivity index (χ1n) is 8.23. The monoisotopic (exact) mass is 370 g/mol. The molecule has 7 heteroatoms. The maximum atomic E-state index is 11.4. The molecule has 0 amide bonds. The molecule has 0 aromatic heterocycles. The molecule has 0 aliphatic carbocycles. The van der Waals surface area contributed by atoms with Crippen molar-refractivity contribution >= 4 is 55.6 Å². The molecular formula is C17H30CaO6. The molecule has 0 rings (SSSR count). The predicted octanol–water partition coefficient (Wildman–Crippen LogP) is 2.33. The Balaban J connectivity index is 0. The van der Waals surface area contributed by atoms with Crippen molar-refractivity contribution in [3.8, 4) is 0 Å². The second kappa shape index (κ2) is 18.7. The van der Waals surface area contributed by atoms with Crippen molar-refractivity contribution in [1.29, 1.82) is 0 Å². The van der Waals surface area contributed by atoms with Crippen LogP contribution in [0.2, 0.25) is 0 Å². The van der Waals surface area contributed by atoms with Gasteiger partial charge in [0.05, 0.1) is 13.2 Å². The average molecular weight is 370 g/mol. The van der Waals surface area contributed by atoms with Crippen LogP contribution >= 0.6 is 0 Å². The van der Waals surface area contributed by atoms with Crippen molar-refractivity contribution < 1.29 is 29.0 Å². The molecule has 0 aliphatic heterocycles. The fraction of sp³-hybridized carbons (Fsp3) is 0.706. The number of carboxylic acids is 1. The molecule has 0 radical (unpaired) electrons. The third kappa shape index (κ3) is 19.5. The molecule has 136 valence electrons. The number of allylic oxidation sites excluding steroid dienone is 1. The van der Waals surface area contributed by atoms with Crippen molar-refractivity contribution in [2.75, 3.05) is 13.2 Å². The Morgan fingerprint density at radius 3 is 1.96 bits per heavy atom. The zero-order chi connectivity index (χ0) is 17.3. The van der Waals surface area contributed by atoms with E-state index in [1.165, 1.54) is 6.08 Å². The normalized spacial score (nSPS) is 10.2. The van der Waals surface area contributed by atoms with Crippen molar-refractivity contribution in [2.45, 2.75) is 64.7 Å². The van der Waals surface area contributed by atoms with Gasteiger partial charge in [0, 0.05) is 18.9 Å². The minimum absolute atomic E-state index is 0. The van der Waals surface area contributed by atoms with Crippen LogP contribution in [0.1, 0.15) is 64.7 Å². The van der Waals surface area contributed by atoms with Gasteiger partial charge in [-0.2, -0.15) is 0 Å². The summed E-state index contributed by atoms with van der Waals surface area (Å²) in [5, 5.41) is 8.47. The topological polar surface area (TPSA) is 89.9 Å². The molecule has 24 heavy (non-hydrogen) atoms. The van der Waals surface area contributed by atoms with Gasteiger partial charge in [-0.05, 0) is 45.4 Å². The average Bonchev–Trinajstić information content (AvgIpc) is 2.49. The van der Waals surface area contributed by atoms with E-state index in [0.29, 0.717) is 32.5 Å². The number of carboxylic acid groups (broad SMARTS) is 1. The van der Waals surface area contributed by atoms with Gasteiger partial charge in [-0.1, -0.05) is 12.5 Å². The summed E-state index contributed by atoms with van der Waals surface area (Å²) in [4.78, 5) is 32.7. The van der Waals surface area contributed by atoms with Crippen LogP contribution in [-0.2, 0) is 23.9 Å². The van der Waals surface area contributed by atoms with Gasteiger partial charge in [0.15, 0.2) is 0 Å². The Morgan fingerprint density at radius 2 is 1.38 bits per heavy atom. The number of unbranched alkanes of at least 4 members (excludes halogenated alkanes) is 5. The first kappa shape index (κ1) is 25.6. The molecule has 0 atom stereocenters. The van der Waals surface area contributed by atoms with Gasteiger partial charge >= 0.3 is 55.6 Å². The fourth-order valence-electron chi connectivity index (χ4n) is 1.90. The van der Waals surface area contributed by atoms with E-state index in [4.69, 9.17) is 14.6 Å². The standard InChI is InChI=1S/C17H28O6.Ca.2H/c1-2-10-16(20)22-13-8-3-4-9-14-23-17(21)12-7-5-6-11-15(18)19;;;/h2,10H,3-9,11-14H2,1H3,(H,18,19);;;. The number of ether oxygens (including phenoxy) is 2. The first-order valence-corrected chi connectivity index (χ1v) is 8.23. The molecule has 0 heterocycles. The SMILES string of the molecule is CC=CC(=O)OCCCCCCOC(=O)CCCCCC(=O)O.[CaH2]. The summed E-state index contributed by atoms with van der Waals surface area (Å²) in [6.45, 7) is 2.59. The third-order valence-corrected chi connectivity index (χ3v) is 3.12. The van der Waals surface area contributed by atoms with Crippen LogP contribution < -0.4 is 0 Å². The van der Waals surface area contributed by atoms with Gasteiger partial charge in [0.1, 0.15) is 0 Å². The van der Waals surface area contributed by atoms with Crippen molar-refractivity contribution in [2.24, 2.45) is 0 Å². The summed E-state index contributed by atoms with van der Waals surface area (Å²) in [6.07, 6.45) is 8.99. The number of carbonyl (C=O) groups excluding carboxylic acids is 2. The van der Waals surface area contributed by atoms with Crippen LogP contribution in [0.4, 0.5) is 0 Å².